The molecule has 2 aliphatic rings. The van der Waals surface area contributed by atoms with E-state index in [0.717, 1.165) is 5.56 Å². The molecular formula is C22H24F4N6O2. The van der Waals surface area contributed by atoms with Crippen LogP contribution >= 0.6 is 0 Å². The van der Waals surface area contributed by atoms with Gasteiger partial charge < -0.3 is 26.2 Å². The van der Waals surface area contributed by atoms with Crippen LogP contribution < -0.4 is 21.3 Å². The van der Waals surface area contributed by atoms with Crippen LogP contribution in [0.5, 0.6) is 0 Å². The minimum absolute atomic E-state index is 0.0403. The zero-order valence-electron chi connectivity index (χ0n) is 18.1. The molecule has 3 amide bonds. The second-order valence-electron chi connectivity index (χ2n) is 8.42. The van der Waals surface area contributed by atoms with E-state index in [2.05, 4.69) is 15.6 Å². The Morgan fingerprint density at radius 1 is 1.15 bits per heavy atom. The van der Waals surface area contributed by atoms with Crippen LogP contribution in [0.25, 0.3) is 0 Å². The number of aromatic nitrogens is 1. The lowest BCUT2D eigenvalue weighted by Crippen LogP contribution is -2.39. The van der Waals surface area contributed by atoms with Crippen molar-refractivity contribution in [1.82, 2.24) is 15.2 Å². The van der Waals surface area contributed by atoms with Crippen molar-refractivity contribution in [3.63, 3.8) is 0 Å². The van der Waals surface area contributed by atoms with Gasteiger partial charge in [-0.05, 0) is 42.7 Å². The molecule has 0 bridgehead atoms. The molecule has 34 heavy (non-hydrogen) atoms. The quantitative estimate of drug-likeness (QED) is 0.436. The van der Waals surface area contributed by atoms with Crippen LogP contribution in [0.4, 0.5) is 39.5 Å². The fraction of sp³-hybridized carbons (Fsp3) is 0.409. The summed E-state index contributed by atoms with van der Waals surface area (Å²) in [5.41, 5.74) is 6.75. The van der Waals surface area contributed by atoms with Crippen LogP contribution in [-0.4, -0.2) is 53.7 Å². The van der Waals surface area contributed by atoms with Gasteiger partial charge in [-0.2, -0.15) is 17.6 Å². The largest absolute Gasteiger partial charge is 0.391 e. The predicted octanol–water partition coefficient (Wildman–Crippen LogP) is 3.12. The van der Waals surface area contributed by atoms with Crippen LogP contribution in [0.15, 0.2) is 36.4 Å². The van der Waals surface area contributed by atoms with Crippen molar-refractivity contribution in [2.75, 3.05) is 29.9 Å². The highest BCUT2D eigenvalue weighted by Crippen LogP contribution is 2.35. The minimum atomic E-state index is -4.21. The molecule has 3 heterocycles. The Labute approximate surface area is 193 Å². The Morgan fingerprint density at radius 2 is 1.82 bits per heavy atom. The number of benzene rings is 1. The number of piperidine rings is 1. The number of pyridine rings is 1. The number of hydrogen-bond donors (Lipinski definition) is 3. The monoisotopic (exact) mass is 480 g/mol. The van der Waals surface area contributed by atoms with Crippen LogP contribution in [0.2, 0.25) is 0 Å². The number of nitrogens with zero attached hydrogens (tertiary/aromatic N) is 3. The number of alkyl halides is 3. The van der Waals surface area contributed by atoms with Gasteiger partial charge in [0.25, 0.3) is 0 Å². The first-order valence-electron chi connectivity index (χ1n) is 10.8. The first kappa shape index (κ1) is 23.6. The number of primary amides is 1. The van der Waals surface area contributed by atoms with Gasteiger partial charge in [-0.15, -0.1) is 0 Å². The van der Waals surface area contributed by atoms with E-state index in [1.807, 2.05) is 0 Å². The second kappa shape index (κ2) is 9.35. The molecule has 2 aliphatic heterocycles. The van der Waals surface area contributed by atoms with Gasteiger partial charge in [0.15, 0.2) is 0 Å². The molecule has 1 unspecified atom stereocenters. The third kappa shape index (κ3) is 5.32. The van der Waals surface area contributed by atoms with E-state index in [4.69, 9.17) is 5.73 Å². The maximum absolute atomic E-state index is 14.6. The average Bonchev–Trinajstić information content (AvgIpc) is 3.16. The van der Waals surface area contributed by atoms with Gasteiger partial charge in [-0.1, -0.05) is 12.1 Å². The third-order valence-corrected chi connectivity index (χ3v) is 6.05. The van der Waals surface area contributed by atoms with Gasteiger partial charge in [-0.25, -0.2) is 9.78 Å². The van der Waals surface area contributed by atoms with Crippen LogP contribution in [0.3, 0.4) is 0 Å². The normalized spacial score (nSPS) is 19.3. The first-order chi connectivity index (χ1) is 16.1. The SMILES string of the molecule is NC(=O)C1CN(Cc2ccc(Nc3ccc(N4CCC(C(F)(F)F)CC4)nc3F)cc2)C(=O)N1. The lowest BCUT2D eigenvalue weighted by Gasteiger charge is -2.33. The molecule has 2 aromatic rings. The van der Waals surface area contributed by atoms with Crippen LogP contribution in [0.1, 0.15) is 18.4 Å². The summed E-state index contributed by atoms with van der Waals surface area (Å²) >= 11 is 0. The van der Waals surface area contributed by atoms with Gasteiger partial charge in [0.05, 0.1) is 18.2 Å². The molecule has 0 radical (unpaired) electrons. The number of anilines is 3. The number of rotatable bonds is 6. The van der Waals surface area contributed by atoms with E-state index >= 15 is 0 Å². The van der Waals surface area contributed by atoms with Crippen molar-refractivity contribution in [3.8, 4) is 0 Å². The topological polar surface area (TPSA) is 104 Å². The number of carbonyl (C=O) groups is 2. The van der Waals surface area contributed by atoms with Crippen molar-refractivity contribution in [2.24, 2.45) is 11.7 Å². The van der Waals surface area contributed by atoms with E-state index in [0.29, 0.717) is 11.5 Å². The van der Waals surface area contributed by atoms with Crippen molar-refractivity contribution in [1.29, 1.82) is 0 Å². The molecule has 1 aromatic carbocycles. The van der Waals surface area contributed by atoms with E-state index in [-0.39, 0.29) is 50.7 Å². The Bertz CT molecular complexity index is 1050. The number of urea groups is 1. The Kier molecular flexibility index (Phi) is 6.49. The van der Waals surface area contributed by atoms with Gasteiger partial charge in [0, 0.05) is 25.3 Å². The second-order valence-corrected chi connectivity index (χ2v) is 8.42. The molecule has 182 valence electrons. The summed E-state index contributed by atoms with van der Waals surface area (Å²) in [6.07, 6.45) is -4.29. The summed E-state index contributed by atoms with van der Waals surface area (Å²) < 4.78 is 53.1. The molecule has 12 heteroatoms. The maximum atomic E-state index is 14.6. The Morgan fingerprint density at radius 3 is 2.38 bits per heavy atom. The summed E-state index contributed by atoms with van der Waals surface area (Å²) in [6.45, 7) is 0.803. The minimum Gasteiger partial charge on any atom is -0.368 e. The van der Waals surface area contributed by atoms with E-state index in [1.165, 1.54) is 11.0 Å². The van der Waals surface area contributed by atoms with Gasteiger partial charge in [-0.3, -0.25) is 4.79 Å². The number of carbonyl (C=O) groups excluding carboxylic acids is 2. The lowest BCUT2D eigenvalue weighted by molar-refractivity contribution is -0.179. The molecule has 0 aliphatic carbocycles. The van der Waals surface area contributed by atoms with E-state index < -0.39 is 30.0 Å². The highest BCUT2D eigenvalue weighted by molar-refractivity contribution is 5.89. The molecular weight excluding hydrogens is 456 g/mol. The summed E-state index contributed by atoms with van der Waals surface area (Å²) in [5.74, 6) is -2.38. The zero-order valence-corrected chi connectivity index (χ0v) is 18.1. The Hall–Kier alpha value is -3.57. The fourth-order valence-corrected chi connectivity index (χ4v) is 4.09. The average molecular weight is 480 g/mol. The number of halogens is 4. The molecule has 2 fully saturated rings. The maximum Gasteiger partial charge on any atom is 0.391 e. The van der Waals surface area contributed by atoms with Crippen LogP contribution in [0, 0.1) is 11.9 Å². The highest BCUT2D eigenvalue weighted by Gasteiger charge is 2.41. The molecule has 4 rings (SSSR count). The summed E-state index contributed by atoms with van der Waals surface area (Å²) in [4.78, 5) is 30.2. The van der Waals surface area contributed by atoms with Crippen molar-refractivity contribution < 1.29 is 27.2 Å². The molecule has 0 saturated carbocycles. The number of amides is 3. The molecule has 1 aromatic heterocycles. The number of hydrogen-bond acceptors (Lipinski definition) is 5. The van der Waals surface area contributed by atoms with Crippen molar-refractivity contribution in [3.05, 3.63) is 47.9 Å². The lowest BCUT2D eigenvalue weighted by atomic mass is 9.96. The Balaban J connectivity index is 1.34. The predicted molar refractivity (Wildman–Crippen MR) is 117 cm³/mol. The summed E-state index contributed by atoms with van der Waals surface area (Å²) in [6, 6.07) is 8.93. The van der Waals surface area contributed by atoms with E-state index in [1.54, 1.807) is 35.2 Å². The highest BCUT2D eigenvalue weighted by atomic mass is 19.4. The molecule has 4 N–H and O–H groups in total. The first-order valence-corrected chi connectivity index (χ1v) is 10.8. The van der Waals surface area contributed by atoms with Crippen molar-refractivity contribution in [2.45, 2.75) is 31.6 Å². The van der Waals surface area contributed by atoms with Gasteiger partial charge in [0.2, 0.25) is 11.9 Å². The molecule has 0 spiro atoms. The molecule has 2 saturated heterocycles. The van der Waals surface area contributed by atoms with Gasteiger partial charge in [0.1, 0.15) is 11.9 Å². The fourth-order valence-electron chi connectivity index (χ4n) is 4.09. The van der Waals surface area contributed by atoms with Gasteiger partial charge >= 0.3 is 12.2 Å². The van der Waals surface area contributed by atoms with Crippen LogP contribution in [-0.2, 0) is 11.3 Å². The molecule has 8 nitrogen and oxygen atoms in total. The number of nitrogens with two attached hydrogens (primary N) is 1. The third-order valence-electron chi connectivity index (χ3n) is 6.05. The standard InChI is InChI=1S/C22H24F4N6O2/c23-19-16(5-6-18(30-19)31-9-7-14(8-10-31)22(24,25)26)28-15-3-1-13(2-4-15)11-32-12-17(20(27)33)29-21(32)34/h1-6,14,17,28H,7-12H2,(H2,27,33)(H,29,34). The number of nitrogens with one attached hydrogen (secondary N) is 2. The zero-order chi connectivity index (χ0) is 24.5. The van der Waals surface area contributed by atoms with Crippen molar-refractivity contribution >= 4 is 29.1 Å². The summed E-state index contributed by atoms with van der Waals surface area (Å²) in [5, 5.41) is 5.43. The smallest absolute Gasteiger partial charge is 0.368 e. The van der Waals surface area contributed by atoms with E-state index in [9.17, 15) is 27.2 Å². The molecule has 1 atom stereocenters. The summed E-state index contributed by atoms with van der Waals surface area (Å²) in [7, 11) is 0.